The van der Waals surface area contributed by atoms with Gasteiger partial charge in [0.15, 0.2) is 5.78 Å². The molecule has 20 heteroatoms. The SMILES string of the molecule is CC(=O)CCC(=O)N[C@H](CCC(=O)O)C(=O)O.CCCCSC1CCC1SCCCC(=O)[C@@H](CCC(C)=O)NC(=O)CCC(C)=O.N=S.NCCSC1CCC1SCCN. The van der Waals surface area contributed by atoms with Crippen LogP contribution >= 0.6 is 47.0 Å². The van der Waals surface area contributed by atoms with Gasteiger partial charge in [0.1, 0.15) is 23.4 Å². The summed E-state index contributed by atoms with van der Waals surface area (Å²) in [7, 11) is 0. The molecule has 6 atom stereocenters. The molecule has 346 valence electrons. The van der Waals surface area contributed by atoms with Crippen molar-refractivity contribution in [3.8, 4) is 0 Å². The zero-order valence-corrected chi connectivity index (χ0v) is 40.0. The number of carbonyl (C=O) groups is 8. The number of hydrogen-bond acceptors (Lipinski definition) is 16. The highest BCUT2D eigenvalue weighted by atomic mass is 32.2. The topological polar surface area (TPSA) is 277 Å². The Bertz CT molecular complexity index is 1290. The van der Waals surface area contributed by atoms with E-state index in [9.17, 15) is 38.4 Å². The molecule has 0 radical (unpaired) electrons. The van der Waals surface area contributed by atoms with E-state index in [0.29, 0.717) is 18.1 Å². The minimum atomic E-state index is -1.29. The van der Waals surface area contributed by atoms with Gasteiger partial charge in [-0.25, -0.2) is 9.57 Å². The van der Waals surface area contributed by atoms with Gasteiger partial charge in [-0.2, -0.15) is 47.0 Å². The lowest BCUT2D eigenvalue weighted by molar-refractivity contribution is -0.143. The molecule has 2 fully saturated rings. The number of carboxylic acids is 2. The van der Waals surface area contributed by atoms with E-state index in [4.69, 9.17) is 26.5 Å². The number of carbonyl (C=O) groups excluding carboxylic acids is 6. The average molecular weight is 942 g/mol. The standard InChI is InChI=1S/C22H37NO4S2.C10H15NO6.C8H18N2S2.HNS/c1-4-5-14-28-20-11-12-21(20)29-15-6-7-19(26)18(10-8-16(2)24)23-22(27)13-9-17(3)25;1-6(12)2-4-8(13)11-7(10(16)17)3-5-9(14)15;9-3-5-11-7-1-2-8(7)12-6-4-10;1-2/h18,20-21H,4-15H2,1-3H3,(H,23,27);7H,2-5H2,1H3,(H,11,13)(H,14,15)(H,16,17);7-8H,1-6,9-10H2;1H/t18-,20?,21?;7-;;/m11../s1. The second kappa shape index (κ2) is 38.6. The first kappa shape index (κ1) is 60.0. The Labute approximate surface area is 379 Å². The lowest BCUT2D eigenvalue weighted by Gasteiger charge is -2.35. The van der Waals surface area contributed by atoms with Crippen molar-refractivity contribution in [3.63, 3.8) is 0 Å². The summed E-state index contributed by atoms with van der Waals surface area (Å²) in [6, 6.07) is -1.85. The molecule has 0 aliphatic heterocycles. The van der Waals surface area contributed by atoms with Gasteiger partial charge in [-0.05, 0) is 83.6 Å². The maximum Gasteiger partial charge on any atom is 0.326 e. The number of amides is 2. The number of aliphatic carboxylic acids is 2. The fraction of sp³-hybridized carbons (Fsp3) is 0.800. The van der Waals surface area contributed by atoms with E-state index in [2.05, 4.69) is 41.7 Å². The van der Waals surface area contributed by atoms with E-state index in [1.165, 1.54) is 65.0 Å². The Balaban J connectivity index is 0. The van der Waals surface area contributed by atoms with Crippen LogP contribution in [0, 0.1) is 4.78 Å². The third kappa shape index (κ3) is 32.6. The van der Waals surface area contributed by atoms with Gasteiger partial charge in [-0.1, -0.05) is 13.3 Å². The second-order valence-corrected chi connectivity index (χ2v) is 19.8. The van der Waals surface area contributed by atoms with Gasteiger partial charge in [0.2, 0.25) is 11.8 Å². The summed E-state index contributed by atoms with van der Waals surface area (Å²) in [5.41, 5.74) is 10.9. The van der Waals surface area contributed by atoms with Gasteiger partial charge in [0.05, 0.1) is 6.04 Å². The van der Waals surface area contributed by atoms with Crippen molar-refractivity contribution in [3.05, 3.63) is 0 Å². The first-order valence-corrected chi connectivity index (χ1v) is 25.3. The van der Waals surface area contributed by atoms with Gasteiger partial charge < -0.3 is 46.7 Å². The van der Waals surface area contributed by atoms with Gasteiger partial charge >= 0.3 is 11.9 Å². The van der Waals surface area contributed by atoms with Crippen molar-refractivity contribution in [1.82, 2.24) is 10.6 Å². The van der Waals surface area contributed by atoms with Gasteiger partial charge in [0, 0.05) is 103 Å². The molecule has 0 bridgehead atoms. The number of Topliss-reactive ketones (excluding diaryl/α,β-unsaturated/α-hetero) is 4. The lowest BCUT2D eigenvalue weighted by Crippen LogP contribution is -2.41. The molecule has 0 aromatic heterocycles. The van der Waals surface area contributed by atoms with E-state index in [1.807, 2.05) is 35.3 Å². The molecule has 2 rings (SSSR count). The molecular weight excluding hydrogens is 871 g/mol. The zero-order valence-electron chi connectivity index (χ0n) is 35.9. The first-order valence-electron chi connectivity index (χ1n) is 20.7. The minimum absolute atomic E-state index is 0.00735. The Morgan fingerprint density at radius 2 is 0.967 bits per heavy atom. The molecule has 2 aliphatic rings. The molecule has 0 spiro atoms. The monoisotopic (exact) mass is 941 g/mol. The molecule has 0 aromatic carbocycles. The second-order valence-electron chi connectivity index (χ2n) is 14.4. The van der Waals surface area contributed by atoms with E-state index in [0.717, 1.165) is 52.5 Å². The summed E-state index contributed by atoms with van der Waals surface area (Å²) >= 11 is 11.5. The number of ketones is 4. The van der Waals surface area contributed by atoms with Gasteiger partial charge in [-0.3, -0.25) is 19.2 Å². The Morgan fingerprint density at radius 1 is 0.583 bits per heavy atom. The zero-order chi connectivity index (χ0) is 45.9. The summed E-state index contributed by atoms with van der Waals surface area (Å²) in [6.45, 7) is 8.11. The molecule has 9 N–H and O–H groups in total. The third-order valence-electron chi connectivity index (χ3n) is 9.13. The number of carboxylic acid groups (broad SMARTS) is 2. The van der Waals surface area contributed by atoms with Crippen LogP contribution in [0.2, 0.25) is 0 Å². The highest BCUT2D eigenvalue weighted by Gasteiger charge is 2.32. The summed E-state index contributed by atoms with van der Waals surface area (Å²) < 4.78 is 5.33. The van der Waals surface area contributed by atoms with E-state index in [1.54, 1.807) is 0 Å². The molecule has 4 unspecified atom stereocenters. The number of nitrogens with two attached hydrogens (primary N) is 2. The van der Waals surface area contributed by atoms with Crippen molar-refractivity contribution in [2.45, 2.75) is 164 Å². The molecule has 0 heterocycles. The average Bonchev–Trinajstić information content (AvgIpc) is 3.18. The van der Waals surface area contributed by atoms with Gasteiger partial charge in [-0.15, -0.1) is 0 Å². The highest BCUT2D eigenvalue weighted by Crippen LogP contribution is 2.41. The number of unbranched alkanes of at least 4 members (excludes halogenated alkanes) is 1. The van der Waals surface area contributed by atoms with Crippen molar-refractivity contribution < 1.29 is 48.6 Å². The van der Waals surface area contributed by atoms with Crippen molar-refractivity contribution in [2.24, 2.45) is 11.5 Å². The fourth-order valence-electron chi connectivity index (χ4n) is 5.41. The number of nitrogens with one attached hydrogen (secondary N) is 3. The van der Waals surface area contributed by atoms with Gasteiger partial charge in [0.25, 0.3) is 0 Å². The maximum absolute atomic E-state index is 12.6. The van der Waals surface area contributed by atoms with Crippen LogP contribution in [0.1, 0.15) is 130 Å². The van der Waals surface area contributed by atoms with Crippen LogP contribution in [0.15, 0.2) is 0 Å². The predicted molar refractivity (Wildman–Crippen MR) is 249 cm³/mol. The van der Waals surface area contributed by atoms with Crippen LogP contribution in [0.5, 0.6) is 0 Å². The van der Waals surface area contributed by atoms with Crippen LogP contribution in [0.3, 0.4) is 0 Å². The van der Waals surface area contributed by atoms with E-state index < -0.39 is 29.9 Å². The predicted octanol–water partition coefficient (Wildman–Crippen LogP) is 5.34. The van der Waals surface area contributed by atoms with Crippen LogP contribution in [0.4, 0.5) is 0 Å². The van der Waals surface area contributed by atoms with Crippen molar-refractivity contribution >= 4 is 106 Å². The number of thioether (sulfide) groups is 4. The normalized spacial score (nSPS) is 18.4. The molecule has 15 nitrogen and oxygen atoms in total. The Hall–Kier alpha value is -2.10. The van der Waals surface area contributed by atoms with Crippen LogP contribution in [0.25, 0.3) is 0 Å². The molecule has 0 aromatic rings. The summed E-state index contributed by atoms with van der Waals surface area (Å²) in [6.07, 6.45) is 9.40. The van der Waals surface area contributed by atoms with E-state index in [-0.39, 0.29) is 74.0 Å². The van der Waals surface area contributed by atoms with Crippen LogP contribution < -0.4 is 22.1 Å². The van der Waals surface area contributed by atoms with E-state index >= 15 is 0 Å². The maximum atomic E-state index is 12.6. The van der Waals surface area contributed by atoms with Crippen molar-refractivity contribution in [1.29, 1.82) is 4.78 Å². The number of rotatable bonds is 31. The van der Waals surface area contributed by atoms with Crippen LogP contribution in [-0.4, -0.2) is 126 Å². The quantitative estimate of drug-likeness (QED) is 0.0432. The minimum Gasteiger partial charge on any atom is -0.481 e. The molecule has 60 heavy (non-hydrogen) atoms. The summed E-state index contributed by atoms with van der Waals surface area (Å²) in [5.74, 6) is 0.931. The molecule has 2 saturated carbocycles. The van der Waals surface area contributed by atoms with Crippen LogP contribution in [-0.2, 0) is 50.8 Å². The molecular formula is C40H71N5O10S5. The molecule has 2 aliphatic carbocycles. The fourth-order valence-corrected chi connectivity index (χ4v) is 11.2. The highest BCUT2D eigenvalue weighted by molar-refractivity contribution is 8.04. The summed E-state index contributed by atoms with van der Waals surface area (Å²) in [5, 5.41) is 25.3. The Morgan fingerprint density at radius 3 is 1.32 bits per heavy atom. The number of hydrogen-bond donors (Lipinski definition) is 7. The largest absolute Gasteiger partial charge is 0.481 e. The van der Waals surface area contributed by atoms with Crippen molar-refractivity contribution in [2.75, 3.05) is 36.1 Å². The smallest absolute Gasteiger partial charge is 0.326 e. The molecule has 2 amide bonds. The first-order chi connectivity index (χ1) is 28.5. The molecule has 0 saturated heterocycles. The third-order valence-corrected chi connectivity index (χ3v) is 15.4. The lowest BCUT2D eigenvalue weighted by atomic mass is 9.99. The summed E-state index contributed by atoms with van der Waals surface area (Å²) in [4.78, 5) is 89.8. The Kier molecular flexibility index (Phi) is 38.6.